The molecule has 3 heterocycles. The average molecular weight is 491 g/mol. The number of hydrogen-bond donors (Lipinski definition) is 0. The van der Waals surface area contributed by atoms with Crippen molar-refractivity contribution in [2.75, 3.05) is 20.1 Å². The zero-order valence-corrected chi connectivity index (χ0v) is 20.9. The van der Waals surface area contributed by atoms with Crippen LogP contribution in [0.25, 0.3) is 15.9 Å². The molecule has 0 amide bonds. The van der Waals surface area contributed by atoms with Crippen molar-refractivity contribution in [3.05, 3.63) is 52.4 Å². The van der Waals surface area contributed by atoms with Crippen molar-refractivity contribution < 1.29 is 8.42 Å². The molecule has 170 valence electrons. The van der Waals surface area contributed by atoms with E-state index < -0.39 is 10.0 Å². The molecule has 0 saturated carbocycles. The number of aromatic nitrogens is 4. The third kappa shape index (κ3) is 4.11. The molecule has 4 aromatic rings. The molecule has 1 unspecified atom stereocenters. The second kappa shape index (κ2) is 8.99. The minimum absolute atomic E-state index is 0.0673. The van der Waals surface area contributed by atoms with Crippen molar-refractivity contribution in [3.8, 4) is 0 Å². The van der Waals surface area contributed by atoms with Crippen LogP contribution in [0.5, 0.6) is 0 Å². The lowest BCUT2D eigenvalue weighted by Crippen LogP contribution is -2.30. The minimum atomic E-state index is -3.57. The molecular weight excluding hydrogens is 464 g/mol. The molecule has 11 heteroatoms. The number of fused-ring (bicyclic) bond motifs is 2. The summed E-state index contributed by atoms with van der Waals surface area (Å²) >= 11 is 7.30. The Kier molecular flexibility index (Phi) is 6.46. The van der Waals surface area contributed by atoms with Gasteiger partial charge in [-0.3, -0.25) is 9.30 Å². The Morgan fingerprint density at radius 3 is 2.56 bits per heavy atom. The van der Waals surface area contributed by atoms with Gasteiger partial charge >= 0.3 is 0 Å². The van der Waals surface area contributed by atoms with Crippen LogP contribution in [0.4, 0.5) is 0 Å². The molecule has 0 saturated heterocycles. The number of nitrogens with zero attached hydrogens (tertiary/aromatic N) is 6. The fourth-order valence-corrected chi connectivity index (χ4v) is 6.33. The van der Waals surface area contributed by atoms with E-state index in [0.717, 1.165) is 15.2 Å². The first-order valence-corrected chi connectivity index (χ1v) is 13.1. The van der Waals surface area contributed by atoms with Gasteiger partial charge in [0.1, 0.15) is 5.01 Å². The molecule has 4 rings (SSSR count). The maximum Gasteiger partial charge on any atom is 0.244 e. The number of hydrogen-bond acceptors (Lipinski definition) is 7. The van der Waals surface area contributed by atoms with Gasteiger partial charge in [0.2, 0.25) is 14.8 Å². The van der Waals surface area contributed by atoms with Crippen LogP contribution in [0.15, 0.2) is 47.5 Å². The summed E-state index contributed by atoms with van der Waals surface area (Å²) in [4.78, 5) is 7.08. The first-order valence-electron chi connectivity index (χ1n) is 10.4. The highest BCUT2D eigenvalue weighted by Gasteiger charge is 2.23. The number of rotatable bonds is 8. The zero-order valence-electron chi connectivity index (χ0n) is 18.5. The van der Waals surface area contributed by atoms with Crippen molar-refractivity contribution >= 4 is 49.4 Å². The van der Waals surface area contributed by atoms with Gasteiger partial charge in [-0.2, -0.15) is 9.40 Å². The van der Waals surface area contributed by atoms with Gasteiger partial charge in [-0.25, -0.2) is 18.1 Å². The van der Waals surface area contributed by atoms with E-state index in [-0.39, 0.29) is 10.9 Å². The largest absolute Gasteiger partial charge is 0.278 e. The molecule has 0 N–H and O–H groups in total. The molecule has 0 bridgehead atoms. The standard InChI is InChI=1S/C21H26N6O2S3/c1-5-25(6-2)32(28,29)16-11-12-19-23-27(21(30)26(19)13-16)14-24(4)15(3)20-22-17-9-7-8-10-18(17)31-20/h7-13,15H,5-6,14H2,1-4H3. The molecule has 1 aromatic carbocycles. The minimum Gasteiger partial charge on any atom is -0.278 e. The summed E-state index contributed by atoms with van der Waals surface area (Å²) in [5.74, 6) is 0. The van der Waals surface area contributed by atoms with E-state index in [1.54, 1.807) is 38.7 Å². The molecule has 32 heavy (non-hydrogen) atoms. The Labute approximate surface area is 196 Å². The van der Waals surface area contributed by atoms with E-state index in [1.165, 1.54) is 4.31 Å². The van der Waals surface area contributed by atoms with Gasteiger partial charge in [-0.15, -0.1) is 11.3 Å². The van der Waals surface area contributed by atoms with Gasteiger partial charge in [-0.05, 0) is 50.5 Å². The fourth-order valence-electron chi connectivity index (χ4n) is 3.55. The van der Waals surface area contributed by atoms with Crippen LogP contribution in [0.1, 0.15) is 31.8 Å². The summed E-state index contributed by atoms with van der Waals surface area (Å²) in [5, 5.41) is 5.61. The SMILES string of the molecule is CCN(CC)S(=O)(=O)c1ccc2nn(CN(C)C(C)c3nc4ccccc4s3)c(=S)n2c1. The first-order chi connectivity index (χ1) is 15.3. The van der Waals surface area contributed by atoms with Crippen molar-refractivity contribution in [3.63, 3.8) is 0 Å². The summed E-state index contributed by atoms with van der Waals surface area (Å²) in [5.41, 5.74) is 1.61. The number of benzene rings is 1. The third-order valence-electron chi connectivity index (χ3n) is 5.58. The lowest BCUT2D eigenvalue weighted by atomic mass is 10.3. The number of pyridine rings is 1. The van der Waals surface area contributed by atoms with Crippen LogP contribution in [-0.4, -0.2) is 56.9 Å². The van der Waals surface area contributed by atoms with Crippen LogP contribution in [0, 0.1) is 4.77 Å². The van der Waals surface area contributed by atoms with Crippen LogP contribution in [-0.2, 0) is 16.7 Å². The van der Waals surface area contributed by atoms with Gasteiger partial charge in [0.15, 0.2) is 5.65 Å². The molecule has 0 radical (unpaired) electrons. The van der Waals surface area contributed by atoms with E-state index in [1.807, 2.05) is 39.1 Å². The smallest absolute Gasteiger partial charge is 0.244 e. The molecule has 0 spiro atoms. The maximum absolute atomic E-state index is 12.9. The predicted octanol–water partition coefficient (Wildman–Crippen LogP) is 4.16. The summed E-state index contributed by atoms with van der Waals surface area (Å²) in [6, 6.07) is 11.4. The monoisotopic (exact) mass is 490 g/mol. The van der Waals surface area contributed by atoms with Crippen LogP contribution >= 0.6 is 23.6 Å². The van der Waals surface area contributed by atoms with Gasteiger partial charge in [0.05, 0.1) is 27.8 Å². The second-order valence-corrected chi connectivity index (χ2v) is 10.9. The van der Waals surface area contributed by atoms with E-state index >= 15 is 0 Å². The fraction of sp³-hybridized carbons (Fsp3) is 0.381. The van der Waals surface area contributed by atoms with Gasteiger partial charge in [-0.1, -0.05) is 26.0 Å². The predicted molar refractivity (Wildman–Crippen MR) is 130 cm³/mol. The maximum atomic E-state index is 12.9. The Morgan fingerprint density at radius 1 is 1.16 bits per heavy atom. The molecular formula is C21H26N6O2S3. The highest BCUT2D eigenvalue weighted by atomic mass is 32.2. The normalized spacial score (nSPS) is 13.6. The van der Waals surface area contributed by atoms with Crippen molar-refractivity contribution in [1.29, 1.82) is 0 Å². The zero-order chi connectivity index (χ0) is 23.0. The molecule has 0 aliphatic heterocycles. The summed E-state index contributed by atoms with van der Waals surface area (Å²) in [6.07, 6.45) is 1.56. The molecule has 1 atom stereocenters. The lowest BCUT2D eigenvalue weighted by Gasteiger charge is -2.22. The number of thiazole rings is 1. The summed E-state index contributed by atoms with van der Waals surface area (Å²) in [6.45, 7) is 7.03. The van der Waals surface area contributed by atoms with Crippen LogP contribution < -0.4 is 0 Å². The quantitative estimate of drug-likeness (QED) is 0.345. The molecule has 8 nitrogen and oxygen atoms in total. The van der Waals surface area contributed by atoms with E-state index in [9.17, 15) is 8.42 Å². The Bertz CT molecular complexity index is 1390. The number of sulfonamides is 1. The molecule has 0 aliphatic carbocycles. The average Bonchev–Trinajstić information content (AvgIpc) is 3.35. The molecule has 0 fully saturated rings. The lowest BCUT2D eigenvalue weighted by molar-refractivity contribution is 0.195. The molecule has 0 aliphatic rings. The first kappa shape index (κ1) is 23.0. The van der Waals surface area contributed by atoms with Crippen LogP contribution in [0.2, 0.25) is 0 Å². The molecule has 3 aromatic heterocycles. The topological polar surface area (TPSA) is 75.7 Å². The van der Waals surface area contributed by atoms with Crippen LogP contribution in [0.3, 0.4) is 0 Å². The summed E-state index contributed by atoms with van der Waals surface area (Å²) < 4.78 is 32.2. The van der Waals surface area contributed by atoms with Gasteiger partial charge in [0.25, 0.3) is 0 Å². The second-order valence-electron chi connectivity index (χ2n) is 7.56. The highest BCUT2D eigenvalue weighted by molar-refractivity contribution is 7.89. The Hall–Kier alpha value is -2.18. The third-order valence-corrected chi connectivity index (χ3v) is 9.23. The number of para-hydroxylation sites is 1. The summed E-state index contributed by atoms with van der Waals surface area (Å²) in [7, 11) is -1.57. The van der Waals surface area contributed by atoms with Crippen molar-refractivity contribution in [2.24, 2.45) is 0 Å². The van der Waals surface area contributed by atoms with E-state index in [2.05, 4.69) is 23.0 Å². The van der Waals surface area contributed by atoms with E-state index in [4.69, 9.17) is 17.2 Å². The Morgan fingerprint density at radius 2 is 1.88 bits per heavy atom. The van der Waals surface area contributed by atoms with Gasteiger partial charge < -0.3 is 0 Å². The van der Waals surface area contributed by atoms with E-state index in [0.29, 0.717) is 30.2 Å². The van der Waals surface area contributed by atoms with Crippen molar-refractivity contribution in [1.82, 2.24) is 28.4 Å². The van der Waals surface area contributed by atoms with Crippen molar-refractivity contribution in [2.45, 2.75) is 38.4 Å². The Balaban J connectivity index is 1.62. The highest BCUT2D eigenvalue weighted by Crippen LogP contribution is 2.29. The van der Waals surface area contributed by atoms with Gasteiger partial charge in [0, 0.05) is 19.3 Å².